The van der Waals surface area contributed by atoms with E-state index in [0.29, 0.717) is 10.7 Å². The average Bonchev–Trinajstić information content (AvgIpc) is 2.23. The lowest BCUT2D eigenvalue weighted by atomic mass is 10.1. The van der Waals surface area contributed by atoms with Gasteiger partial charge in [-0.1, -0.05) is 17.7 Å². The van der Waals surface area contributed by atoms with Gasteiger partial charge in [0.05, 0.1) is 10.7 Å². The molecule has 0 fully saturated rings. The second kappa shape index (κ2) is 3.64. The molecule has 2 aromatic heterocycles. The monoisotopic (exact) mass is 205 g/mol. The molecule has 2 heterocycles. The van der Waals surface area contributed by atoms with Gasteiger partial charge in [0.15, 0.2) is 0 Å². The Hall–Kier alpha value is -1.61. The largest absolute Gasteiger partial charge is 0.397 e. The number of pyridine rings is 2. The van der Waals surface area contributed by atoms with Crippen LogP contribution >= 0.6 is 11.6 Å². The van der Waals surface area contributed by atoms with Crippen molar-refractivity contribution in [2.75, 3.05) is 5.73 Å². The number of nitrogen functional groups attached to an aromatic ring is 1. The van der Waals surface area contributed by atoms with E-state index in [1.54, 1.807) is 18.6 Å². The van der Waals surface area contributed by atoms with E-state index >= 15 is 0 Å². The Balaban J connectivity index is 2.58. The quantitative estimate of drug-likeness (QED) is 0.778. The van der Waals surface area contributed by atoms with Crippen molar-refractivity contribution < 1.29 is 0 Å². The molecule has 2 rings (SSSR count). The van der Waals surface area contributed by atoms with Gasteiger partial charge in [-0.2, -0.15) is 0 Å². The van der Waals surface area contributed by atoms with Gasteiger partial charge in [-0.3, -0.25) is 9.97 Å². The van der Waals surface area contributed by atoms with Crippen LogP contribution in [0.5, 0.6) is 0 Å². The zero-order valence-electron chi connectivity index (χ0n) is 7.31. The molecule has 0 aliphatic rings. The summed E-state index contributed by atoms with van der Waals surface area (Å²) in [5, 5.41) is 0.464. The van der Waals surface area contributed by atoms with Crippen molar-refractivity contribution in [3.05, 3.63) is 41.9 Å². The van der Waals surface area contributed by atoms with Crippen molar-refractivity contribution in [1.82, 2.24) is 9.97 Å². The van der Waals surface area contributed by atoms with E-state index in [1.807, 2.05) is 12.1 Å². The van der Waals surface area contributed by atoms with Crippen LogP contribution in [-0.4, -0.2) is 9.97 Å². The van der Waals surface area contributed by atoms with Crippen LogP contribution in [0.25, 0.3) is 11.1 Å². The van der Waals surface area contributed by atoms with Gasteiger partial charge in [0, 0.05) is 35.9 Å². The highest BCUT2D eigenvalue weighted by molar-refractivity contribution is 6.33. The molecule has 4 heteroatoms. The third-order valence-electron chi connectivity index (χ3n) is 1.91. The lowest BCUT2D eigenvalue weighted by Gasteiger charge is -2.05. The zero-order chi connectivity index (χ0) is 9.97. The molecular formula is C10H8ClN3. The molecule has 0 amide bonds. The van der Waals surface area contributed by atoms with Gasteiger partial charge < -0.3 is 5.73 Å². The molecule has 0 aliphatic heterocycles. The standard InChI is InChI=1S/C10H8ClN3/c11-9-6-14-5-8(10(9)12)7-2-1-3-13-4-7/h1-6H,(H2,12,14). The van der Waals surface area contributed by atoms with Crippen LogP contribution < -0.4 is 5.73 Å². The van der Waals surface area contributed by atoms with E-state index in [4.69, 9.17) is 17.3 Å². The number of nitrogens with two attached hydrogens (primary N) is 1. The van der Waals surface area contributed by atoms with Crippen molar-refractivity contribution in [2.24, 2.45) is 0 Å². The molecule has 0 saturated carbocycles. The maximum Gasteiger partial charge on any atom is 0.0824 e. The average molecular weight is 206 g/mol. The molecule has 14 heavy (non-hydrogen) atoms. The van der Waals surface area contributed by atoms with Gasteiger partial charge >= 0.3 is 0 Å². The number of hydrogen-bond acceptors (Lipinski definition) is 3. The molecule has 0 saturated heterocycles. The second-order valence-electron chi connectivity index (χ2n) is 2.82. The molecule has 70 valence electrons. The Bertz CT molecular complexity index is 442. The number of anilines is 1. The van der Waals surface area contributed by atoms with E-state index in [9.17, 15) is 0 Å². The van der Waals surface area contributed by atoms with Crippen LogP contribution in [0.1, 0.15) is 0 Å². The van der Waals surface area contributed by atoms with Crippen molar-refractivity contribution in [2.45, 2.75) is 0 Å². The highest BCUT2D eigenvalue weighted by Gasteiger charge is 2.05. The summed E-state index contributed by atoms with van der Waals surface area (Å²) in [5.74, 6) is 0. The summed E-state index contributed by atoms with van der Waals surface area (Å²) in [7, 11) is 0. The Kier molecular flexibility index (Phi) is 2.33. The molecule has 2 N–H and O–H groups in total. The SMILES string of the molecule is Nc1c(Cl)cncc1-c1cccnc1. The minimum absolute atomic E-state index is 0.464. The predicted octanol–water partition coefficient (Wildman–Crippen LogP) is 2.38. The highest BCUT2D eigenvalue weighted by Crippen LogP contribution is 2.29. The lowest BCUT2D eigenvalue weighted by molar-refractivity contribution is 1.30. The van der Waals surface area contributed by atoms with Gasteiger partial charge in [0.2, 0.25) is 0 Å². The van der Waals surface area contributed by atoms with E-state index in [0.717, 1.165) is 11.1 Å². The normalized spacial score (nSPS) is 10.1. The number of halogens is 1. The van der Waals surface area contributed by atoms with Crippen LogP contribution in [0.2, 0.25) is 5.02 Å². The van der Waals surface area contributed by atoms with Gasteiger partial charge in [-0.25, -0.2) is 0 Å². The maximum atomic E-state index is 5.86. The Morgan fingerprint density at radius 2 is 2.00 bits per heavy atom. The minimum atomic E-state index is 0.464. The molecule has 0 radical (unpaired) electrons. The van der Waals surface area contributed by atoms with Crippen molar-refractivity contribution in [3.63, 3.8) is 0 Å². The smallest absolute Gasteiger partial charge is 0.0824 e. The fourth-order valence-corrected chi connectivity index (χ4v) is 1.36. The first-order valence-corrected chi connectivity index (χ1v) is 4.46. The van der Waals surface area contributed by atoms with Crippen LogP contribution in [-0.2, 0) is 0 Å². The molecule has 0 aromatic carbocycles. The first-order valence-electron chi connectivity index (χ1n) is 4.08. The van der Waals surface area contributed by atoms with Crippen LogP contribution in [0, 0.1) is 0 Å². The predicted molar refractivity (Wildman–Crippen MR) is 56.9 cm³/mol. The number of aromatic nitrogens is 2. The third kappa shape index (κ3) is 1.54. The van der Waals surface area contributed by atoms with Crippen LogP contribution in [0.3, 0.4) is 0 Å². The molecular weight excluding hydrogens is 198 g/mol. The first-order chi connectivity index (χ1) is 6.79. The first kappa shape index (κ1) is 8.97. The summed E-state index contributed by atoms with van der Waals surface area (Å²) in [5.41, 5.74) is 8.08. The summed E-state index contributed by atoms with van der Waals surface area (Å²) in [6, 6.07) is 3.76. The lowest BCUT2D eigenvalue weighted by Crippen LogP contribution is -1.92. The summed E-state index contributed by atoms with van der Waals surface area (Å²) < 4.78 is 0. The van der Waals surface area contributed by atoms with Crippen molar-refractivity contribution in [1.29, 1.82) is 0 Å². The Morgan fingerprint density at radius 3 is 2.71 bits per heavy atom. The molecule has 0 atom stereocenters. The topological polar surface area (TPSA) is 51.8 Å². The van der Waals surface area contributed by atoms with Crippen LogP contribution in [0.15, 0.2) is 36.9 Å². The van der Waals surface area contributed by atoms with Crippen molar-refractivity contribution in [3.8, 4) is 11.1 Å². The van der Waals surface area contributed by atoms with Gasteiger partial charge in [0.1, 0.15) is 0 Å². The Morgan fingerprint density at radius 1 is 1.14 bits per heavy atom. The van der Waals surface area contributed by atoms with E-state index in [2.05, 4.69) is 9.97 Å². The molecule has 2 aromatic rings. The van der Waals surface area contributed by atoms with Gasteiger partial charge in [-0.15, -0.1) is 0 Å². The van der Waals surface area contributed by atoms with E-state index in [1.165, 1.54) is 6.20 Å². The second-order valence-corrected chi connectivity index (χ2v) is 3.23. The number of nitrogens with zero attached hydrogens (tertiary/aromatic N) is 2. The summed E-state index contributed by atoms with van der Waals surface area (Å²) in [6.45, 7) is 0. The van der Waals surface area contributed by atoms with E-state index < -0.39 is 0 Å². The summed E-state index contributed by atoms with van der Waals surface area (Å²) >= 11 is 5.86. The van der Waals surface area contributed by atoms with Gasteiger partial charge in [-0.05, 0) is 6.07 Å². The molecule has 0 bridgehead atoms. The fourth-order valence-electron chi connectivity index (χ4n) is 1.20. The van der Waals surface area contributed by atoms with E-state index in [-0.39, 0.29) is 0 Å². The molecule has 0 spiro atoms. The van der Waals surface area contributed by atoms with Gasteiger partial charge in [0.25, 0.3) is 0 Å². The summed E-state index contributed by atoms with van der Waals surface area (Å²) in [6.07, 6.45) is 6.64. The Labute approximate surface area is 86.6 Å². The van der Waals surface area contributed by atoms with Crippen molar-refractivity contribution >= 4 is 17.3 Å². The zero-order valence-corrected chi connectivity index (χ0v) is 8.07. The molecule has 0 unspecified atom stereocenters. The maximum absolute atomic E-state index is 5.86. The molecule has 0 aliphatic carbocycles. The highest BCUT2D eigenvalue weighted by atomic mass is 35.5. The number of rotatable bonds is 1. The number of hydrogen-bond donors (Lipinski definition) is 1. The van der Waals surface area contributed by atoms with Crippen LogP contribution in [0.4, 0.5) is 5.69 Å². The fraction of sp³-hybridized carbons (Fsp3) is 0. The summed E-state index contributed by atoms with van der Waals surface area (Å²) in [4.78, 5) is 7.99. The third-order valence-corrected chi connectivity index (χ3v) is 2.21. The molecule has 3 nitrogen and oxygen atoms in total. The minimum Gasteiger partial charge on any atom is -0.397 e.